The van der Waals surface area contributed by atoms with Crippen LogP contribution in [0.5, 0.6) is 0 Å². The molecule has 2 heterocycles. The second kappa shape index (κ2) is 5.83. The van der Waals surface area contributed by atoms with E-state index in [0.717, 1.165) is 18.5 Å². The molecule has 1 aliphatic rings. The summed E-state index contributed by atoms with van der Waals surface area (Å²) in [6, 6.07) is 0.110. The van der Waals surface area contributed by atoms with Gasteiger partial charge in [0, 0.05) is 37.1 Å². The number of nitrogens with zero attached hydrogens (tertiary/aromatic N) is 3. The molecule has 0 amide bonds. The van der Waals surface area contributed by atoms with Crippen molar-refractivity contribution in [1.82, 2.24) is 14.9 Å². The summed E-state index contributed by atoms with van der Waals surface area (Å²) in [6.07, 6.45) is 4.28. The summed E-state index contributed by atoms with van der Waals surface area (Å²) in [4.78, 5) is 10.5. The van der Waals surface area contributed by atoms with Crippen molar-refractivity contribution in [3.8, 4) is 0 Å². The number of rotatable bonds is 5. The van der Waals surface area contributed by atoms with Gasteiger partial charge in [-0.3, -0.25) is 4.90 Å². The Balaban J connectivity index is 1.93. The van der Waals surface area contributed by atoms with Gasteiger partial charge in [0.1, 0.15) is 0 Å². The molecule has 6 nitrogen and oxygen atoms in total. The largest absolute Gasteiger partial charge is 0.355 e. The first-order valence-corrected chi connectivity index (χ1v) is 8.28. The minimum atomic E-state index is -2.83. The number of aromatic nitrogens is 2. The standard InChI is InChI=1S/C12H20N4O2S/c1-3-13-12-14-6-10(7-15-12)8-16(2)11-4-5-19(17,18)9-11/h6-7,11H,3-5,8-9H2,1-2H3,(H,13,14,15)/t11-/m0/s1. The topological polar surface area (TPSA) is 75.2 Å². The van der Waals surface area contributed by atoms with Crippen LogP contribution in [-0.4, -0.2) is 54.4 Å². The van der Waals surface area contributed by atoms with Gasteiger partial charge in [0.05, 0.1) is 11.5 Å². The molecule has 1 aromatic heterocycles. The van der Waals surface area contributed by atoms with Crippen LogP contribution in [0.1, 0.15) is 18.9 Å². The summed E-state index contributed by atoms with van der Waals surface area (Å²) in [5.74, 6) is 1.19. The third kappa shape index (κ3) is 3.87. The van der Waals surface area contributed by atoms with E-state index < -0.39 is 9.84 Å². The van der Waals surface area contributed by atoms with Crippen LogP contribution in [0.2, 0.25) is 0 Å². The van der Waals surface area contributed by atoms with Crippen molar-refractivity contribution in [2.24, 2.45) is 0 Å². The molecule has 0 aliphatic carbocycles. The molecule has 0 saturated carbocycles. The van der Waals surface area contributed by atoms with Gasteiger partial charge in [-0.25, -0.2) is 18.4 Å². The number of hydrogen-bond donors (Lipinski definition) is 1. The van der Waals surface area contributed by atoms with Crippen molar-refractivity contribution in [3.05, 3.63) is 18.0 Å². The van der Waals surface area contributed by atoms with E-state index in [1.54, 1.807) is 12.4 Å². The van der Waals surface area contributed by atoms with E-state index in [9.17, 15) is 8.42 Å². The fourth-order valence-electron chi connectivity index (χ4n) is 2.23. The molecule has 106 valence electrons. The van der Waals surface area contributed by atoms with Gasteiger partial charge in [-0.1, -0.05) is 0 Å². The lowest BCUT2D eigenvalue weighted by Crippen LogP contribution is -2.32. The molecule has 7 heteroatoms. The van der Waals surface area contributed by atoms with Crippen molar-refractivity contribution in [2.75, 3.05) is 30.4 Å². The van der Waals surface area contributed by atoms with Crippen LogP contribution >= 0.6 is 0 Å². The van der Waals surface area contributed by atoms with E-state index in [-0.39, 0.29) is 11.8 Å². The highest BCUT2D eigenvalue weighted by molar-refractivity contribution is 7.91. The lowest BCUT2D eigenvalue weighted by atomic mass is 10.2. The summed E-state index contributed by atoms with van der Waals surface area (Å²) < 4.78 is 22.9. The molecule has 1 N–H and O–H groups in total. The molecule has 1 atom stereocenters. The van der Waals surface area contributed by atoms with Gasteiger partial charge in [0.15, 0.2) is 9.84 Å². The zero-order chi connectivity index (χ0) is 13.9. The van der Waals surface area contributed by atoms with Crippen LogP contribution in [0.15, 0.2) is 12.4 Å². The molecule has 0 aromatic carbocycles. The summed E-state index contributed by atoms with van der Waals surface area (Å²) in [6.45, 7) is 3.46. The molecule has 19 heavy (non-hydrogen) atoms. The van der Waals surface area contributed by atoms with E-state index in [2.05, 4.69) is 20.2 Å². The van der Waals surface area contributed by atoms with Crippen molar-refractivity contribution < 1.29 is 8.42 Å². The molecular formula is C12H20N4O2S. The number of hydrogen-bond acceptors (Lipinski definition) is 6. The quantitative estimate of drug-likeness (QED) is 0.850. The molecule has 1 saturated heterocycles. The molecule has 2 rings (SSSR count). The zero-order valence-electron chi connectivity index (χ0n) is 11.3. The molecule has 0 unspecified atom stereocenters. The minimum absolute atomic E-state index is 0.110. The number of sulfone groups is 1. The zero-order valence-corrected chi connectivity index (χ0v) is 12.2. The number of nitrogens with one attached hydrogen (secondary N) is 1. The molecule has 0 bridgehead atoms. The third-order valence-corrected chi connectivity index (χ3v) is 5.05. The summed E-state index contributed by atoms with van der Waals surface area (Å²) in [5, 5.41) is 3.04. The normalized spacial score (nSPS) is 21.7. The fourth-order valence-corrected chi connectivity index (χ4v) is 4.03. The van der Waals surface area contributed by atoms with Gasteiger partial charge in [-0.05, 0) is 20.4 Å². The lowest BCUT2D eigenvalue weighted by molar-refractivity contribution is 0.253. The predicted octanol–water partition coefficient (Wildman–Crippen LogP) is 0.527. The monoisotopic (exact) mass is 284 g/mol. The Morgan fingerprint density at radius 2 is 2.11 bits per heavy atom. The highest BCUT2D eigenvalue weighted by Crippen LogP contribution is 2.18. The highest BCUT2D eigenvalue weighted by Gasteiger charge is 2.30. The molecule has 1 aliphatic heterocycles. The number of anilines is 1. The van der Waals surface area contributed by atoms with Crippen molar-refractivity contribution in [3.63, 3.8) is 0 Å². The average Bonchev–Trinajstić information content (AvgIpc) is 2.73. The second-order valence-electron chi connectivity index (χ2n) is 4.92. The Hall–Kier alpha value is -1.21. The van der Waals surface area contributed by atoms with Crippen molar-refractivity contribution in [1.29, 1.82) is 0 Å². The maximum atomic E-state index is 11.5. The van der Waals surface area contributed by atoms with E-state index in [1.165, 1.54) is 0 Å². The van der Waals surface area contributed by atoms with Crippen LogP contribution in [0.25, 0.3) is 0 Å². The van der Waals surface area contributed by atoms with Gasteiger partial charge in [0.2, 0.25) is 5.95 Å². The first-order chi connectivity index (χ1) is 9.00. The average molecular weight is 284 g/mol. The summed E-state index contributed by atoms with van der Waals surface area (Å²) in [7, 11) is -0.882. The van der Waals surface area contributed by atoms with Gasteiger partial charge < -0.3 is 5.32 Å². The molecular weight excluding hydrogens is 264 g/mol. The Kier molecular flexibility index (Phi) is 4.36. The van der Waals surface area contributed by atoms with Gasteiger partial charge >= 0.3 is 0 Å². The van der Waals surface area contributed by atoms with Crippen LogP contribution < -0.4 is 5.32 Å². The van der Waals surface area contributed by atoms with Crippen LogP contribution in [0, 0.1) is 0 Å². The van der Waals surface area contributed by atoms with E-state index in [1.807, 2.05) is 14.0 Å². The van der Waals surface area contributed by atoms with Gasteiger partial charge in [-0.2, -0.15) is 0 Å². The lowest BCUT2D eigenvalue weighted by Gasteiger charge is -2.22. The molecule has 1 aromatic rings. The fraction of sp³-hybridized carbons (Fsp3) is 0.667. The van der Waals surface area contributed by atoms with Crippen molar-refractivity contribution >= 4 is 15.8 Å². The predicted molar refractivity (Wildman–Crippen MR) is 74.7 cm³/mol. The van der Waals surface area contributed by atoms with E-state index in [0.29, 0.717) is 18.2 Å². The Bertz CT molecular complexity index is 515. The SMILES string of the molecule is CCNc1ncc(CN(C)[C@H]2CCS(=O)(=O)C2)cn1. The van der Waals surface area contributed by atoms with Crippen LogP contribution in [-0.2, 0) is 16.4 Å². The molecule has 1 fully saturated rings. The molecule has 0 radical (unpaired) electrons. The Morgan fingerprint density at radius 3 is 2.63 bits per heavy atom. The Morgan fingerprint density at radius 1 is 1.42 bits per heavy atom. The van der Waals surface area contributed by atoms with Gasteiger partial charge in [0.25, 0.3) is 0 Å². The maximum absolute atomic E-state index is 11.5. The summed E-state index contributed by atoms with van der Waals surface area (Å²) >= 11 is 0. The first-order valence-electron chi connectivity index (χ1n) is 6.45. The maximum Gasteiger partial charge on any atom is 0.222 e. The van der Waals surface area contributed by atoms with E-state index >= 15 is 0 Å². The Labute approximate surface area is 114 Å². The van der Waals surface area contributed by atoms with Crippen LogP contribution in [0.4, 0.5) is 5.95 Å². The highest BCUT2D eigenvalue weighted by atomic mass is 32.2. The molecule has 0 spiro atoms. The van der Waals surface area contributed by atoms with Gasteiger partial charge in [-0.15, -0.1) is 0 Å². The summed E-state index contributed by atoms with van der Waals surface area (Å²) in [5.41, 5.74) is 0.994. The van der Waals surface area contributed by atoms with Crippen molar-refractivity contribution in [2.45, 2.75) is 25.9 Å². The van der Waals surface area contributed by atoms with E-state index in [4.69, 9.17) is 0 Å². The smallest absolute Gasteiger partial charge is 0.222 e. The second-order valence-corrected chi connectivity index (χ2v) is 7.15. The first kappa shape index (κ1) is 14.2. The van der Waals surface area contributed by atoms with Crippen LogP contribution in [0.3, 0.4) is 0 Å². The minimum Gasteiger partial charge on any atom is -0.355 e. The third-order valence-electron chi connectivity index (χ3n) is 3.30.